The molecule has 0 N–H and O–H groups in total. The van der Waals surface area contributed by atoms with E-state index in [1.165, 1.54) is 47.5 Å². The quantitative estimate of drug-likeness (QED) is 0.364. The van der Waals surface area contributed by atoms with Crippen LogP contribution in [0.4, 0.5) is 4.39 Å². The van der Waals surface area contributed by atoms with Gasteiger partial charge >= 0.3 is 27.5 Å². The average Bonchev–Trinajstić information content (AvgIpc) is 3.03. The number of piperidine rings is 1. The van der Waals surface area contributed by atoms with Gasteiger partial charge in [0.25, 0.3) is 0 Å². The molecule has 0 saturated carbocycles. The molecular formula is C15H17ClFIrNPS. The number of nitrogens with zero attached hydrogens (tertiary/aromatic N) is 1. The van der Waals surface area contributed by atoms with Crippen LogP contribution in [-0.4, -0.2) is 6.54 Å². The van der Waals surface area contributed by atoms with Gasteiger partial charge in [0, 0.05) is 10.4 Å². The van der Waals surface area contributed by atoms with Crippen LogP contribution in [0.5, 0.6) is 0 Å². The molecule has 116 valence electrons. The van der Waals surface area contributed by atoms with Crippen molar-refractivity contribution in [3.05, 3.63) is 58.5 Å². The Balaban J connectivity index is 0.000000231. The second-order valence-corrected chi connectivity index (χ2v) is 6.42. The topological polar surface area (TPSA) is 14.1 Å². The Morgan fingerprint density at radius 2 is 2.14 bits per heavy atom. The molecule has 6 heteroatoms. The van der Waals surface area contributed by atoms with E-state index in [0.717, 1.165) is 18.5 Å². The van der Waals surface area contributed by atoms with Crippen LogP contribution in [0, 0.1) is 11.9 Å². The van der Waals surface area contributed by atoms with Crippen molar-refractivity contribution in [1.29, 1.82) is 0 Å². The predicted octanol–water partition coefficient (Wildman–Crippen LogP) is 5.16. The van der Waals surface area contributed by atoms with Gasteiger partial charge in [-0.05, 0) is 11.4 Å². The first-order valence-electron chi connectivity index (χ1n) is 6.51. The first kappa shape index (κ1) is 19.2. The zero-order valence-corrected chi connectivity index (χ0v) is 16.5. The summed E-state index contributed by atoms with van der Waals surface area (Å²) in [5.41, 5.74) is 1.03. The van der Waals surface area contributed by atoms with E-state index in [0.29, 0.717) is 0 Å². The fourth-order valence-corrected chi connectivity index (χ4v) is 2.78. The molecule has 0 radical (unpaired) electrons. The van der Waals surface area contributed by atoms with Crippen molar-refractivity contribution in [2.75, 3.05) is 6.54 Å². The summed E-state index contributed by atoms with van der Waals surface area (Å²) in [5, 5.41) is 6.53. The average molecular weight is 521 g/mol. The first-order valence-corrected chi connectivity index (χ1v) is 10.9. The first-order chi connectivity index (χ1) is 10.3. The van der Waals surface area contributed by atoms with Gasteiger partial charge in [0.2, 0.25) is 0 Å². The fraction of sp³-hybridized carbons (Fsp3) is 0.333. The van der Waals surface area contributed by atoms with E-state index in [9.17, 15) is 4.39 Å². The van der Waals surface area contributed by atoms with Gasteiger partial charge in [-0.3, -0.25) is 4.39 Å². The van der Waals surface area contributed by atoms with Gasteiger partial charge in [-0.15, -0.1) is 36.1 Å². The molecule has 3 rings (SSSR count). The summed E-state index contributed by atoms with van der Waals surface area (Å²) in [4.78, 5) is 0. The predicted molar refractivity (Wildman–Crippen MR) is 89.6 cm³/mol. The fourth-order valence-electron chi connectivity index (χ4n) is 1.96. The summed E-state index contributed by atoms with van der Waals surface area (Å²) in [6.07, 6.45) is 3.50. The Morgan fingerprint density at radius 1 is 1.33 bits per heavy atom. The van der Waals surface area contributed by atoms with Crippen molar-refractivity contribution >= 4 is 34.8 Å². The van der Waals surface area contributed by atoms with E-state index in [1.54, 1.807) is 17.4 Å². The van der Waals surface area contributed by atoms with Crippen molar-refractivity contribution in [1.82, 2.24) is 0 Å². The monoisotopic (exact) mass is 521 g/mol. The molecule has 2 aromatic rings. The summed E-state index contributed by atoms with van der Waals surface area (Å²) in [7, 11) is 7.27. The normalized spacial score (nSPS) is 17.0. The molecule has 0 aliphatic carbocycles. The molecule has 2 atom stereocenters. The van der Waals surface area contributed by atoms with Crippen molar-refractivity contribution in [3.63, 3.8) is 0 Å². The molecule has 0 bridgehead atoms. The molecule has 1 fully saturated rings. The summed E-state index contributed by atoms with van der Waals surface area (Å²) in [5.74, 6) is -0.223. The van der Waals surface area contributed by atoms with Crippen LogP contribution >= 0.6 is 30.2 Å². The van der Waals surface area contributed by atoms with Crippen molar-refractivity contribution < 1.29 is 22.3 Å². The van der Waals surface area contributed by atoms with Gasteiger partial charge < -0.3 is 5.32 Å². The van der Waals surface area contributed by atoms with Crippen molar-refractivity contribution in [2.45, 2.75) is 25.3 Å². The molecule has 2 unspecified atom stereocenters. The van der Waals surface area contributed by atoms with E-state index in [-0.39, 0.29) is 11.9 Å². The van der Waals surface area contributed by atoms with Gasteiger partial charge in [0.05, 0.1) is 0 Å². The molecule has 1 aliphatic rings. The number of hydrogen-bond donors (Lipinski definition) is 0. The number of hydrogen-bond acceptors (Lipinski definition) is 1. The van der Waals surface area contributed by atoms with Crippen LogP contribution in [-0.2, 0) is 17.9 Å². The molecule has 2 heterocycles. The summed E-state index contributed by atoms with van der Waals surface area (Å²) in [6.45, 7) is 0.940. The zero-order valence-electron chi connectivity index (χ0n) is 11.4. The number of rotatable bonds is 1. The zero-order chi connectivity index (χ0) is 15.5. The molecule has 1 aliphatic heterocycles. The number of benzene rings is 1. The molecule has 21 heavy (non-hydrogen) atoms. The number of halogens is 2. The maximum absolute atomic E-state index is 12.6. The maximum atomic E-state index is 12.6. The third kappa shape index (κ3) is 7.83. The molecule has 1 aromatic carbocycles. The van der Waals surface area contributed by atoms with Gasteiger partial charge in [0.1, 0.15) is 0 Å². The van der Waals surface area contributed by atoms with Crippen LogP contribution in [0.3, 0.4) is 0 Å². The molecular weight excluding hydrogens is 504 g/mol. The molecule has 0 amide bonds. The van der Waals surface area contributed by atoms with E-state index in [2.05, 4.69) is 41.7 Å². The minimum atomic E-state index is -0.223. The number of thiophene rings is 1. The van der Waals surface area contributed by atoms with Crippen LogP contribution in [0.2, 0.25) is 0 Å². The summed E-state index contributed by atoms with van der Waals surface area (Å²) < 4.78 is 13.9. The second-order valence-electron chi connectivity index (χ2n) is 4.40. The molecule has 1 nitrogen and oxygen atoms in total. The Bertz CT molecular complexity index is 475. The van der Waals surface area contributed by atoms with Crippen LogP contribution < -0.4 is 4.62 Å². The summed E-state index contributed by atoms with van der Waals surface area (Å²) in [6, 6.07) is 12.0. The third-order valence-electron chi connectivity index (χ3n) is 2.94. The molecule has 0 spiro atoms. The van der Waals surface area contributed by atoms with Crippen LogP contribution in [0.1, 0.15) is 30.9 Å². The molecule has 1 saturated heterocycles. The Kier molecular flexibility index (Phi) is 10.7. The standard InChI is InChI=1S/C11H12FN.C4H5PS.ClH.Ir/c12-10-6-4-9(5-7-10)11-3-1-2-8-13-11;5-4-2-1-3-6-4;;/h4,6-7,11H,1-3,8H2;1-3H,5H2;1H;/q-2;;;+3/p-1. The SMILES string of the molecule is Fc1c[c-]c(C2CCCC[N-]2)cc1.Pc1cccs1.[Cl][Ir+2]. The van der Waals surface area contributed by atoms with Crippen LogP contribution in [0.15, 0.2) is 35.7 Å². The van der Waals surface area contributed by atoms with Crippen molar-refractivity contribution in [3.8, 4) is 0 Å². The third-order valence-corrected chi connectivity index (χ3v) is 4.24. The second kappa shape index (κ2) is 11.7. The Labute approximate surface area is 147 Å². The summed E-state index contributed by atoms with van der Waals surface area (Å²) >= 11 is 3.21. The van der Waals surface area contributed by atoms with Gasteiger partial charge in [-0.1, -0.05) is 34.6 Å². The van der Waals surface area contributed by atoms with Crippen LogP contribution in [0.25, 0.3) is 5.32 Å². The van der Waals surface area contributed by atoms with E-state index in [4.69, 9.17) is 0 Å². The van der Waals surface area contributed by atoms with E-state index >= 15 is 0 Å². The van der Waals surface area contributed by atoms with E-state index < -0.39 is 0 Å². The molecule has 1 aromatic heterocycles. The minimum absolute atomic E-state index is 0.223. The van der Waals surface area contributed by atoms with Crippen molar-refractivity contribution in [2.24, 2.45) is 0 Å². The van der Waals surface area contributed by atoms with Gasteiger partial charge in [0.15, 0.2) is 0 Å². The van der Waals surface area contributed by atoms with Gasteiger partial charge in [-0.2, -0.15) is 17.7 Å². The van der Waals surface area contributed by atoms with Gasteiger partial charge in [-0.25, -0.2) is 0 Å². The Hall–Kier alpha value is 0.179. The Morgan fingerprint density at radius 3 is 2.57 bits per heavy atom. The van der Waals surface area contributed by atoms with E-state index in [1.807, 2.05) is 6.07 Å².